The number of nitrogens with zero attached hydrogens (tertiary/aromatic N) is 2. The van der Waals surface area contributed by atoms with Gasteiger partial charge in [0.15, 0.2) is 0 Å². The van der Waals surface area contributed by atoms with Gasteiger partial charge in [-0.15, -0.1) is 11.3 Å². The van der Waals surface area contributed by atoms with Gasteiger partial charge in [0, 0.05) is 18.5 Å². The minimum Gasteiger partial charge on any atom is -0.330 e. The van der Waals surface area contributed by atoms with Crippen LogP contribution in [-0.4, -0.2) is 31.3 Å². The van der Waals surface area contributed by atoms with Crippen LogP contribution in [0.5, 0.6) is 0 Å². The van der Waals surface area contributed by atoms with Crippen LogP contribution in [0.25, 0.3) is 0 Å². The fourth-order valence-electron chi connectivity index (χ4n) is 1.94. The monoisotopic (exact) mass is 325 g/mol. The molecule has 0 aliphatic carbocycles. The van der Waals surface area contributed by atoms with Gasteiger partial charge in [0.05, 0.1) is 16.1 Å². The zero-order valence-electron chi connectivity index (χ0n) is 12.1. The Labute approximate surface area is 129 Å². The molecule has 0 saturated carbocycles. The lowest BCUT2D eigenvalue weighted by Crippen LogP contribution is -2.26. The summed E-state index contributed by atoms with van der Waals surface area (Å²) in [6.07, 6.45) is 0.746. The Kier molecular flexibility index (Phi) is 5.10. The number of hydrogen-bond donors (Lipinski definition) is 1. The largest absolute Gasteiger partial charge is 0.330 e. The van der Waals surface area contributed by atoms with E-state index in [0.717, 1.165) is 22.6 Å². The molecule has 21 heavy (non-hydrogen) atoms. The summed E-state index contributed by atoms with van der Waals surface area (Å²) in [7, 11) is -1.90. The molecule has 0 spiro atoms. The number of sulfonamides is 1. The first kappa shape index (κ1) is 16.1. The van der Waals surface area contributed by atoms with Crippen LogP contribution in [-0.2, 0) is 23.0 Å². The molecule has 0 atom stereocenters. The Morgan fingerprint density at radius 3 is 2.48 bits per heavy atom. The quantitative estimate of drug-likeness (QED) is 0.878. The highest BCUT2D eigenvalue weighted by Gasteiger charge is 2.21. The van der Waals surface area contributed by atoms with Gasteiger partial charge in [-0.05, 0) is 37.6 Å². The first-order valence-corrected chi connectivity index (χ1v) is 8.91. The van der Waals surface area contributed by atoms with E-state index in [2.05, 4.69) is 4.98 Å². The smallest absolute Gasteiger partial charge is 0.243 e. The molecule has 0 fully saturated rings. The van der Waals surface area contributed by atoms with E-state index in [4.69, 9.17) is 5.73 Å². The Morgan fingerprint density at radius 1 is 1.29 bits per heavy atom. The van der Waals surface area contributed by atoms with Crippen molar-refractivity contribution in [1.29, 1.82) is 0 Å². The zero-order valence-corrected chi connectivity index (χ0v) is 13.7. The summed E-state index contributed by atoms with van der Waals surface area (Å²) in [5.41, 5.74) is 9.13. The maximum atomic E-state index is 12.5. The molecule has 0 aliphatic heterocycles. The van der Waals surface area contributed by atoms with E-state index in [1.807, 2.05) is 19.1 Å². The molecule has 0 bridgehead atoms. The normalized spacial score (nSPS) is 12.0. The first-order chi connectivity index (χ1) is 9.95. The van der Waals surface area contributed by atoms with Crippen molar-refractivity contribution in [3.8, 4) is 0 Å². The van der Waals surface area contributed by atoms with Crippen LogP contribution in [0.15, 0.2) is 34.7 Å². The summed E-state index contributed by atoms with van der Waals surface area (Å²) < 4.78 is 26.4. The Morgan fingerprint density at radius 2 is 1.95 bits per heavy atom. The average Bonchev–Trinajstić information content (AvgIpc) is 2.85. The van der Waals surface area contributed by atoms with Crippen molar-refractivity contribution in [1.82, 2.24) is 9.29 Å². The van der Waals surface area contributed by atoms with Crippen molar-refractivity contribution in [3.63, 3.8) is 0 Å². The Balaban J connectivity index is 2.18. The van der Waals surface area contributed by atoms with Crippen molar-refractivity contribution < 1.29 is 8.42 Å². The Bertz CT molecular complexity index is 693. The van der Waals surface area contributed by atoms with Gasteiger partial charge < -0.3 is 5.73 Å². The highest BCUT2D eigenvalue weighted by molar-refractivity contribution is 7.89. The molecule has 114 valence electrons. The van der Waals surface area contributed by atoms with Gasteiger partial charge in [-0.1, -0.05) is 12.1 Å². The molecular weight excluding hydrogens is 306 g/mol. The maximum absolute atomic E-state index is 12.5. The van der Waals surface area contributed by atoms with Crippen LogP contribution < -0.4 is 5.73 Å². The highest BCUT2D eigenvalue weighted by atomic mass is 32.2. The molecule has 2 N–H and O–H groups in total. The van der Waals surface area contributed by atoms with Gasteiger partial charge in [-0.2, -0.15) is 4.31 Å². The van der Waals surface area contributed by atoms with Crippen LogP contribution in [0.1, 0.15) is 16.1 Å². The van der Waals surface area contributed by atoms with Crippen LogP contribution in [0.4, 0.5) is 0 Å². The minimum absolute atomic E-state index is 0.299. The summed E-state index contributed by atoms with van der Waals surface area (Å²) >= 11 is 1.47. The van der Waals surface area contributed by atoms with Crippen LogP contribution in [0, 0.1) is 6.92 Å². The summed E-state index contributed by atoms with van der Waals surface area (Å²) in [6, 6.07) is 6.89. The number of thiazole rings is 1. The third-order valence-electron chi connectivity index (χ3n) is 3.28. The molecule has 1 aromatic carbocycles. The third kappa shape index (κ3) is 3.68. The SMILES string of the molecule is Cc1ncsc1CN(C)S(=O)(=O)c1ccc(CCN)cc1. The number of rotatable bonds is 6. The van der Waals surface area contributed by atoms with E-state index in [1.165, 1.54) is 15.6 Å². The fraction of sp³-hybridized carbons (Fsp3) is 0.357. The lowest BCUT2D eigenvalue weighted by molar-refractivity contribution is 0.468. The minimum atomic E-state index is -3.48. The number of nitrogens with two attached hydrogens (primary N) is 1. The molecule has 0 amide bonds. The maximum Gasteiger partial charge on any atom is 0.243 e. The second-order valence-corrected chi connectivity index (χ2v) is 7.79. The van der Waals surface area contributed by atoms with E-state index in [9.17, 15) is 8.42 Å². The fourth-order valence-corrected chi connectivity index (χ4v) is 3.99. The molecule has 5 nitrogen and oxygen atoms in total. The summed E-state index contributed by atoms with van der Waals surface area (Å²) in [5.74, 6) is 0. The van der Waals surface area contributed by atoms with E-state index in [-0.39, 0.29) is 0 Å². The Hall–Kier alpha value is -1.28. The standard InChI is InChI=1S/C14H19N3O2S2/c1-11-14(20-10-16-11)9-17(2)21(18,19)13-5-3-12(4-6-13)7-8-15/h3-6,10H,7-9,15H2,1-2H3. The van der Waals surface area contributed by atoms with Gasteiger partial charge in [-0.25, -0.2) is 13.4 Å². The lowest BCUT2D eigenvalue weighted by atomic mass is 10.2. The van der Waals surface area contributed by atoms with Gasteiger partial charge in [0.25, 0.3) is 0 Å². The van der Waals surface area contributed by atoms with Crippen molar-refractivity contribution in [2.75, 3.05) is 13.6 Å². The van der Waals surface area contributed by atoms with Crippen molar-refractivity contribution in [2.45, 2.75) is 24.8 Å². The van der Waals surface area contributed by atoms with Crippen molar-refractivity contribution >= 4 is 21.4 Å². The lowest BCUT2D eigenvalue weighted by Gasteiger charge is -2.17. The van der Waals surface area contributed by atoms with Crippen molar-refractivity contribution in [3.05, 3.63) is 45.9 Å². The van der Waals surface area contributed by atoms with Gasteiger partial charge >= 0.3 is 0 Å². The average molecular weight is 325 g/mol. The summed E-state index contributed by atoms with van der Waals surface area (Å²) in [4.78, 5) is 5.40. The van der Waals surface area contributed by atoms with E-state index in [1.54, 1.807) is 24.7 Å². The molecule has 1 aromatic heterocycles. The zero-order chi connectivity index (χ0) is 15.5. The second-order valence-electron chi connectivity index (χ2n) is 4.80. The van der Waals surface area contributed by atoms with Crippen LogP contribution >= 0.6 is 11.3 Å². The van der Waals surface area contributed by atoms with Crippen LogP contribution in [0.3, 0.4) is 0 Å². The molecule has 7 heteroatoms. The third-order valence-corrected chi connectivity index (χ3v) is 6.01. The summed E-state index contributed by atoms with van der Waals surface area (Å²) in [5, 5.41) is 0. The summed E-state index contributed by atoms with van der Waals surface area (Å²) in [6.45, 7) is 2.77. The molecule has 0 aliphatic rings. The molecule has 2 aromatic rings. The van der Waals surface area contributed by atoms with Gasteiger partial charge in [0.1, 0.15) is 0 Å². The van der Waals surface area contributed by atoms with E-state index in [0.29, 0.717) is 18.0 Å². The van der Waals surface area contributed by atoms with Gasteiger partial charge in [-0.3, -0.25) is 0 Å². The van der Waals surface area contributed by atoms with Crippen molar-refractivity contribution in [2.24, 2.45) is 5.73 Å². The van der Waals surface area contributed by atoms with Gasteiger partial charge in [0.2, 0.25) is 10.0 Å². The van der Waals surface area contributed by atoms with Crippen LogP contribution in [0.2, 0.25) is 0 Å². The molecular formula is C14H19N3O2S2. The second kappa shape index (κ2) is 6.65. The molecule has 2 rings (SSSR count). The molecule has 0 saturated heterocycles. The topological polar surface area (TPSA) is 76.3 Å². The predicted octanol–water partition coefficient (Wildman–Crippen LogP) is 1.77. The molecule has 0 radical (unpaired) electrons. The highest BCUT2D eigenvalue weighted by Crippen LogP contribution is 2.20. The van der Waals surface area contributed by atoms with E-state index < -0.39 is 10.0 Å². The number of hydrogen-bond acceptors (Lipinski definition) is 5. The number of benzene rings is 1. The predicted molar refractivity (Wildman–Crippen MR) is 84.7 cm³/mol. The van der Waals surface area contributed by atoms with E-state index >= 15 is 0 Å². The first-order valence-electron chi connectivity index (χ1n) is 6.59. The molecule has 1 heterocycles. The number of aromatic nitrogens is 1. The number of aryl methyl sites for hydroxylation is 1. The molecule has 0 unspecified atom stereocenters.